The van der Waals surface area contributed by atoms with E-state index in [-0.39, 0.29) is 74.4 Å². The lowest BCUT2D eigenvalue weighted by atomic mass is 9.84. The third-order valence-corrected chi connectivity index (χ3v) is 17.2. The van der Waals surface area contributed by atoms with Gasteiger partial charge in [0.1, 0.15) is 6.04 Å². The molecule has 2 N–H and O–H groups in total. The van der Waals surface area contributed by atoms with Gasteiger partial charge in [-0.05, 0) is 68.2 Å². The van der Waals surface area contributed by atoms with Gasteiger partial charge >= 0.3 is 0 Å². The normalized spacial score (nSPS) is 18.3. The maximum atomic E-state index is 14.7. The van der Waals surface area contributed by atoms with Crippen molar-refractivity contribution in [2.45, 2.75) is 135 Å². The zero-order chi connectivity index (χ0) is 58.8. The van der Waals surface area contributed by atoms with E-state index in [1.807, 2.05) is 59.6 Å². The van der Waals surface area contributed by atoms with Crippen LogP contribution in [0.5, 0.6) is 0 Å². The number of imide groups is 1. The second kappa shape index (κ2) is 31.3. The van der Waals surface area contributed by atoms with Crippen molar-refractivity contribution in [2.75, 3.05) is 87.7 Å². The molecule has 2 heterocycles. The number of ketones is 1. The minimum Gasteiger partial charge on any atom is -0.379 e. The number of Topliss-reactive ketones (excluding diaryl/α,β-unsaturated/α-hetero) is 1. The molecule has 21 nitrogen and oxygen atoms in total. The van der Waals surface area contributed by atoms with Gasteiger partial charge in [0.2, 0.25) is 27.7 Å². The van der Waals surface area contributed by atoms with Gasteiger partial charge in [-0.25, -0.2) is 8.42 Å². The number of ether oxygens (including phenoxy) is 5. The molecule has 0 radical (unpaired) electrons. The van der Waals surface area contributed by atoms with E-state index < -0.39 is 87.1 Å². The number of rotatable bonds is 36. The van der Waals surface area contributed by atoms with E-state index in [2.05, 4.69) is 10.0 Å². The first-order valence-electron chi connectivity index (χ1n) is 28.1. The number of hydrogen-bond donors (Lipinski definition) is 2. The summed E-state index contributed by atoms with van der Waals surface area (Å²) in [5.74, 6) is -4.81. The third kappa shape index (κ3) is 17.9. The number of carbonyl (C=O) groups excluding carboxylic acids is 7. The van der Waals surface area contributed by atoms with Crippen LogP contribution in [0.1, 0.15) is 113 Å². The Hall–Kier alpha value is -5.20. The highest BCUT2D eigenvalue weighted by Crippen LogP contribution is 2.32. The zero-order valence-electron chi connectivity index (χ0n) is 48.8. The highest BCUT2D eigenvalue weighted by molar-refractivity contribution is 7.90. The van der Waals surface area contributed by atoms with Gasteiger partial charge in [-0.1, -0.05) is 90.9 Å². The Balaban J connectivity index is 1.09. The van der Waals surface area contributed by atoms with Crippen LogP contribution in [0.2, 0.25) is 0 Å². The fourth-order valence-electron chi connectivity index (χ4n) is 10.9. The van der Waals surface area contributed by atoms with Crippen LogP contribution >= 0.6 is 0 Å². The smallest absolute Gasteiger partial charge is 0.285 e. The molecule has 22 heteroatoms. The lowest BCUT2D eigenvalue weighted by Gasteiger charge is -2.40. The Kier molecular flexibility index (Phi) is 25.7. The Labute approximate surface area is 473 Å². The van der Waals surface area contributed by atoms with Crippen molar-refractivity contribution in [3.05, 3.63) is 71.3 Å². The van der Waals surface area contributed by atoms with Gasteiger partial charge < -0.3 is 38.8 Å². The summed E-state index contributed by atoms with van der Waals surface area (Å²) in [7, 11) is 2.67. The Bertz CT molecular complexity index is 2460. The van der Waals surface area contributed by atoms with Crippen LogP contribution in [0, 0.1) is 29.6 Å². The van der Waals surface area contributed by atoms with Crippen LogP contribution in [0.25, 0.3) is 0 Å². The van der Waals surface area contributed by atoms with Crippen molar-refractivity contribution in [2.24, 2.45) is 29.6 Å². The predicted octanol–water partition coefficient (Wildman–Crippen LogP) is 4.32. The first-order chi connectivity index (χ1) is 38.0. The Morgan fingerprint density at radius 2 is 1.27 bits per heavy atom. The van der Waals surface area contributed by atoms with Gasteiger partial charge in [0.05, 0.1) is 105 Å². The number of carbonyl (C=O) groups is 7. The quantitative estimate of drug-likeness (QED) is 0.0713. The first-order valence-corrected chi connectivity index (χ1v) is 29.7. The van der Waals surface area contributed by atoms with Crippen LogP contribution in [0.3, 0.4) is 0 Å². The van der Waals surface area contributed by atoms with E-state index in [9.17, 15) is 42.0 Å². The summed E-state index contributed by atoms with van der Waals surface area (Å²) < 4.78 is 56.7. The number of nitrogens with one attached hydrogen (secondary N) is 2. The van der Waals surface area contributed by atoms with E-state index in [0.717, 1.165) is 10.6 Å². The number of methoxy groups -OCH3 is 2. The number of benzene rings is 2. The van der Waals surface area contributed by atoms with Crippen molar-refractivity contribution in [3.63, 3.8) is 0 Å². The number of hydroxylamine groups is 2. The van der Waals surface area contributed by atoms with Crippen molar-refractivity contribution < 1.29 is 70.5 Å². The first kappa shape index (κ1) is 65.6. The van der Waals surface area contributed by atoms with Gasteiger partial charge in [-0.2, -0.15) is 0 Å². The molecule has 5 rings (SSSR count). The van der Waals surface area contributed by atoms with Crippen molar-refractivity contribution in [3.8, 4) is 0 Å². The molecule has 2 aromatic rings. The van der Waals surface area contributed by atoms with Gasteiger partial charge in [0.25, 0.3) is 17.7 Å². The molecule has 2 fully saturated rings. The summed E-state index contributed by atoms with van der Waals surface area (Å²) in [5.41, 5.74) is 1.34. The molecule has 2 aliphatic heterocycles. The molecule has 80 heavy (non-hydrogen) atoms. The molecule has 1 saturated carbocycles. The number of fused-ring (bicyclic) bond motifs is 1. The molecule has 0 spiro atoms. The largest absolute Gasteiger partial charge is 0.379 e. The Morgan fingerprint density at radius 1 is 0.700 bits per heavy atom. The number of likely N-dealkylation sites (tertiary alicyclic amines) is 1. The lowest BCUT2D eigenvalue weighted by Crippen LogP contribution is -2.55. The van der Waals surface area contributed by atoms with E-state index >= 15 is 0 Å². The maximum absolute atomic E-state index is 14.7. The van der Waals surface area contributed by atoms with Gasteiger partial charge in [0.15, 0.2) is 5.78 Å². The Morgan fingerprint density at radius 3 is 1.81 bits per heavy atom. The average molecular weight is 1140 g/mol. The SMILES string of the molecule is CO[C@H]([C@@H](C)C(=O)N[C@@H](Cc1ccccc1)C(=O)NS(=O)(=O)C1CC1)[C@@H]1CCCN1C(=O)C[C@@H](OC)[C@H](C(C)C)N(C)C(=O)[C@@H](CC(=O)[C@H](C(C)C)N(C)CCOCCOCCOCCON1C(=O)c2ccccc2C1=O)C(C)C. The van der Waals surface area contributed by atoms with Crippen molar-refractivity contribution >= 4 is 51.2 Å². The molecule has 3 aliphatic rings. The highest BCUT2D eigenvalue weighted by Gasteiger charge is 2.45. The molecule has 8 atom stereocenters. The fourth-order valence-corrected chi connectivity index (χ4v) is 12.3. The van der Waals surface area contributed by atoms with Crippen LogP contribution in [0.15, 0.2) is 54.6 Å². The molecule has 6 amide bonds. The molecular weight excluding hydrogens is 1050 g/mol. The van der Waals surface area contributed by atoms with Crippen LogP contribution in [-0.4, -0.2) is 199 Å². The molecule has 2 aromatic carbocycles. The minimum atomic E-state index is -3.89. The number of likely N-dealkylation sites (N-methyl/N-ethyl adjacent to an activating group) is 2. The second-order valence-electron chi connectivity index (χ2n) is 22.2. The van der Waals surface area contributed by atoms with Crippen molar-refractivity contribution in [1.82, 2.24) is 29.8 Å². The van der Waals surface area contributed by atoms with Crippen LogP contribution in [-0.2, 0) is 68.9 Å². The van der Waals surface area contributed by atoms with Gasteiger partial charge in [-0.3, -0.25) is 48.0 Å². The summed E-state index contributed by atoms with van der Waals surface area (Å²) in [6, 6.07) is 12.8. The second-order valence-corrected chi connectivity index (χ2v) is 24.2. The van der Waals surface area contributed by atoms with Gasteiger partial charge in [0, 0.05) is 53.1 Å². The summed E-state index contributed by atoms with van der Waals surface area (Å²) in [5, 5.41) is 2.91. The van der Waals surface area contributed by atoms with Crippen molar-refractivity contribution in [1.29, 1.82) is 0 Å². The summed E-state index contributed by atoms with van der Waals surface area (Å²) in [6.45, 7) is 16.0. The molecule has 446 valence electrons. The summed E-state index contributed by atoms with van der Waals surface area (Å²) in [4.78, 5) is 106. The number of nitrogens with zero attached hydrogens (tertiary/aromatic N) is 4. The minimum absolute atomic E-state index is 0.0119. The fraction of sp³-hybridized carbons (Fsp3) is 0.672. The van der Waals surface area contributed by atoms with Crippen LogP contribution < -0.4 is 10.0 Å². The third-order valence-electron chi connectivity index (χ3n) is 15.4. The molecule has 0 aromatic heterocycles. The number of sulfonamides is 1. The molecule has 1 saturated heterocycles. The topological polar surface area (TPSA) is 246 Å². The average Bonchev–Trinajstić information content (AvgIpc) is 4.14. The standard InChI is InChI=1S/C58H88N6O15S/c1-37(2)45(35-48(65)51(38(3)4)61(8)26-27-76-28-29-77-30-31-78-32-33-79-64-57(70)43-20-15-16-21-44(43)58(64)71)56(69)62(9)52(39(5)6)49(74-10)36-50(66)63-25-17-22-47(63)53(75-11)40(7)54(67)59-46(34-41-18-13-12-14-19-41)55(68)60-80(72,73)42-23-24-42/h12-16,18-21,37-40,42,45-47,49,51-53H,17,22-36H2,1-11H3,(H,59,67)(H,60,68)/t40-,45+,46+,47+,49-,51+,52+,53-/m1/s1. The molecule has 0 bridgehead atoms. The zero-order valence-corrected chi connectivity index (χ0v) is 49.6. The maximum Gasteiger partial charge on any atom is 0.285 e. The molecule has 0 unspecified atom stereocenters. The molecular formula is C58H88N6O15S. The number of amides is 6. The van der Waals surface area contributed by atoms with Gasteiger partial charge in [-0.15, -0.1) is 5.06 Å². The van der Waals surface area contributed by atoms with E-state index in [1.54, 1.807) is 72.3 Å². The summed E-state index contributed by atoms with van der Waals surface area (Å²) in [6.07, 6.45) is 0.601. The lowest BCUT2D eigenvalue weighted by molar-refractivity contribution is -0.149. The van der Waals surface area contributed by atoms with E-state index in [0.29, 0.717) is 76.3 Å². The van der Waals surface area contributed by atoms with Crippen LogP contribution in [0.4, 0.5) is 0 Å². The molecule has 1 aliphatic carbocycles. The predicted molar refractivity (Wildman–Crippen MR) is 298 cm³/mol. The van der Waals surface area contributed by atoms with E-state index in [4.69, 9.17) is 28.5 Å². The highest BCUT2D eigenvalue weighted by atomic mass is 32.2. The van der Waals surface area contributed by atoms with E-state index in [1.165, 1.54) is 14.2 Å². The summed E-state index contributed by atoms with van der Waals surface area (Å²) >= 11 is 0. The number of hydrogen-bond acceptors (Lipinski definition) is 16. The monoisotopic (exact) mass is 1140 g/mol.